The van der Waals surface area contributed by atoms with Crippen molar-refractivity contribution in [3.63, 3.8) is 0 Å². The summed E-state index contributed by atoms with van der Waals surface area (Å²) in [7, 11) is 0. The number of H-pyrrole nitrogens is 1. The standard InChI is InChI=1S/C22H13N2.C16H16N.Sr/c23-15-16-5-3-7-18(13-16)19-8-4-9-20(14-19)22-21-10-2-1-6-17(21)11-12-24-22;1-11-7-6-10-16-15-9-5-4-8-14(15)12(2)13(3)17(11)16;/h1-8,10-14H;4-10H,1-3H3;/q2*-1;+2/p+1. The van der Waals surface area contributed by atoms with Gasteiger partial charge in [-0.25, -0.2) is 0 Å². The Labute approximate surface area is 285 Å². The van der Waals surface area contributed by atoms with Crippen LogP contribution >= 0.6 is 0 Å². The van der Waals surface area contributed by atoms with E-state index in [1.807, 2.05) is 54.7 Å². The molecule has 4 heteroatoms. The first-order valence-electron chi connectivity index (χ1n) is 13.8. The average Bonchev–Trinajstić information content (AvgIpc) is 3.03. The number of fused-ring (bicyclic) bond motifs is 4. The first-order chi connectivity index (χ1) is 20.0. The number of hydrogen-bond acceptors (Lipinski definition) is 1. The summed E-state index contributed by atoms with van der Waals surface area (Å²) in [5, 5.41) is 11.5. The molecule has 0 aliphatic carbocycles. The Hall–Kier alpha value is -3.85. The van der Waals surface area contributed by atoms with Crippen LogP contribution in [-0.4, -0.2) is 45.5 Å². The summed E-state index contributed by atoms with van der Waals surface area (Å²) < 4.78 is 2.34. The molecule has 4 aromatic carbocycles. The van der Waals surface area contributed by atoms with Crippen molar-refractivity contribution >= 4 is 56.3 Å². The van der Waals surface area contributed by atoms with Gasteiger partial charge in [-0.3, -0.25) is 4.98 Å². The third kappa shape index (κ3) is 5.75. The fourth-order valence-corrected chi connectivity index (χ4v) is 5.61. The van der Waals surface area contributed by atoms with Crippen molar-refractivity contribution < 1.29 is 9.55 Å². The zero-order valence-electron chi connectivity index (χ0n) is 24.1. The van der Waals surface area contributed by atoms with E-state index in [1.165, 1.54) is 45.2 Å². The second-order valence-electron chi connectivity index (χ2n) is 10.3. The van der Waals surface area contributed by atoms with Crippen molar-refractivity contribution in [2.45, 2.75) is 20.8 Å². The van der Waals surface area contributed by atoms with Crippen LogP contribution in [0.1, 0.15) is 30.7 Å². The Bertz CT molecular complexity index is 1920. The third-order valence-corrected chi connectivity index (χ3v) is 7.79. The van der Waals surface area contributed by atoms with Crippen LogP contribution < -0.4 is 9.55 Å². The second-order valence-corrected chi connectivity index (χ2v) is 10.3. The zero-order valence-corrected chi connectivity index (χ0v) is 27.6. The van der Waals surface area contributed by atoms with E-state index in [0.717, 1.165) is 22.4 Å². The molecule has 1 aliphatic rings. The third-order valence-electron chi connectivity index (χ3n) is 7.79. The van der Waals surface area contributed by atoms with Gasteiger partial charge >= 0.3 is 45.5 Å². The molecule has 3 heterocycles. The van der Waals surface area contributed by atoms with Crippen molar-refractivity contribution in [1.82, 2.24) is 0 Å². The minimum atomic E-state index is 0. The van der Waals surface area contributed by atoms with Crippen molar-refractivity contribution in [3.05, 3.63) is 156 Å². The van der Waals surface area contributed by atoms with E-state index in [4.69, 9.17) is 5.26 Å². The van der Waals surface area contributed by atoms with Gasteiger partial charge in [0.1, 0.15) is 5.69 Å². The van der Waals surface area contributed by atoms with Crippen LogP contribution in [0.5, 0.6) is 0 Å². The number of rotatable bonds is 2. The van der Waals surface area contributed by atoms with Crippen LogP contribution in [0.15, 0.2) is 121 Å². The van der Waals surface area contributed by atoms with E-state index in [0.29, 0.717) is 5.56 Å². The molecular weight excluding hydrogens is 586 g/mol. The van der Waals surface area contributed by atoms with Crippen LogP contribution in [0.25, 0.3) is 44.4 Å². The molecule has 0 amide bonds. The van der Waals surface area contributed by atoms with Gasteiger partial charge in [0.25, 0.3) is 0 Å². The second kappa shape index (κ2) is 13.0. The molecule has 0 fully saturated rings. The van der Waals surface area contributed by atoms with Crippen LogP contribution in [-0.2, 0) is 0 Å². The maximum atomic E-state index is 9.10. The minimum absolute atomic E-state index is 0. The number of pyridine rings is 2. The molecule has 0 atom stereocenters. The minimum Gasteiger partial charge on any atom is -0.343 e. The predicted molar refractivity (Wildman–Crippen MR) is 170 cm³/mol. The van der Waals surface area contributed by atoms with E-state index in [-0.39, 0.29) is 45.5 Å². The van der Waals surface area contributed by atoms with Gasteiger partial charge in [-0.1, -0.05) is 73.2 Å². The van der Waals surface area contributed by atoms with Gasteiger partial charge in [-0.15, -0.1) is 53.4 Å². The molecule has 198 valence electrons. The molecule has 42 heavy (non-hydrogen) atoms. The Morgan fingerprint density at radius 2 is 1.57 bits per heavy atom. The van der Waals surface area contributed by atoms with Crippen LogP contribution in [0.2, 0.25) is 0 Å². The molecule has 0 saturated carbocycles. The quantitative estimate of drug-likeness (QED) is 0.112. The Balaban J connectivity index is 0.000000173. The molecule has 0 spiro atoms. The number of aromatic nitrogens is 2. The largest absolute Gasteiger partial charge is 2.00 e. The summed E-state index contributed by atoms with van der Waals surface area (Å²) in [4.78, 5) is 3.35. The van der Waals surface area contributed by atoms with E-state index in [1.54, 1.807) is 0 Å². The Morgan fingerprint density at radius 3 is 2.43 bits per heavy atom. The normalized spacial score (nSPS) is 11.4. The summed E-state index contributed by atoms with van der Waals surface area (Å²) in [6, 6.07) is 46.0. The fraction of sp³-hybridized carbons (Fsp3) is 0.0789. The first kappa shape index (κ1) is 29.6. The molecular formula is C38H30N3Sr+. The van der Waals surface area contributed by atoms with Crippen LogP contribution in [0, 0.1) is 36.3 Å². The van der Waals surface area contributed by atoms with Crippen LogP contribution in [0.4, 0.5) is 0 Å². The number of aromatic amines is 1. The molecule has 6 aromatic rings. The molecule has 1 aliphatic heterocycles. The van der Waals surface area contributed by atoms with Gasteiger partial charge in [-0.05, 0) is 36.9 Å². The Kier molecular flexibility index (Phi) is 9.16. The van der Waals surface area contributed by atoms with E-state index in [9.17, 15) is 0 Å². The van der Waals surface area contributed by atoms with Gasteiger partial charge in [0.2, 0.25) is 0 Å². The number of hydrogen-bond donors (Lipinski definition) is 0. The SMILES string of the molecule is Cc1cccc2[n+]1[C-](C)[C-](C)c1ccccc1-2.N#Cc1cccc(-c2cc[c-]c(-c3[nH+]ccc4ccccc34)c2)c1.[Sr+2]. The molecule has 1 N–H and O–H groups in total. The van der Waals surface area contributed by atoms with Gasteiger partial charge in [0.15, 0.2) is 6.20 Å². The topological polar surface area (TPSA) is 41.8 Å². The van der Waals surface area contributed by atoms with Gasteiger partial charge in [0, 0.05) is 17.5 Å². The molecule has 7 rings (SSSR count). The maximum absolute atomic E-state index is 9.10. The van der Waals surface area contributed by atoms with E-state index in [2.05, 4.69) is 109 Å². The summed E-state index contributed by atoms with van der Waals surface area (Å²) in [5.41, 5.74) is 10.1. The number of nitriles is 1. The predicted octanol–water partition coefficient (Wildman–Crippen LogP) is 7.58. The van der Waals surface area contributed by atoms with Crippen molar-refractivity contribution in [1.29, 1.82) is 5.26 Å². The van der Waals surface area contributed by atoms with Gasteiger partial charge in [-0.2, -0.15) is 16.9 Å². The fourth-order valence-electron chi connectivity index (χ4n) is 5.61. The summed E-state index contributed by atoms with van der Waals surface area (Å²) in [6.45, 7) is 6.56. The number of benzene rings is 4. The van der Waals surface area contributed by atoms with Crippen molar-refractivity contribution in [2.75, 3.05) is 0 Å². The summed E-state index contributed by atoms with van der Waals surface area (Å²) in [5.74, 6) is 1.37. The van der Waals surface area contributed by atoms with E-state index < -0.39 is 0 Å². The molecule has 3 nitrogen and oxygen atoms in total. The monoisotopic (exact) mass is 616 g/mol. The average molecular weight is 616 g/mol. The van der Waals surface area contributed by atoms with Crippen molar-refractivity contribution in [2.24, 2.45) is 0 Å². The first-order valence-corrected chi connectivity index (χ1v) is 13.8. The zero-order chi connectivity index (χ0) is 28.3. The smallest absolute Gasteiger partial charge is 0.343 e. The van der Waals surface area contributed by atoms with Gasteiger partial charge < -0.3 is 4.57 Å². The molecule has 2 aromatic heterocycles. The van der Waals surface area contributed by atoms with E-state index >= 15 is 0 Å². The van der Waals surface area contributed by atoms with Gasteiger partial charge in [0.05, 0.1) is 23.0 Å². The molecule has 0 unspecified atom stereocenters. The number of aryl methyl sites for hydroxylation is 1. The molecule has 0 bridgehead atoms. The number of nitrogens with one attached hydrogen (secondary N) is 1. The van der Waals surface area contributed by atoms with Crippen molar-refractivity contribution in [3.8, 4) is 39.7 Å². The Morgan fingerprint density at radius 1 is 0.810 bits per heavy atom. The summed E-state index contributed by atoms with van der Waals surface area (Å²) >= 11 is 0. The van der Waals surface area contributed by atoms with Crippen LogP contribution in [0.3, 0.4) is 0 Å². The summed E-state index contributed by atoms with van der Waals surface area (Å²) in [6.07, 6.45) is 1.95. The maximum Gasteiger partial charge on any atom is 2.00 e. The molecule has 0 radical (unpaired) electrons. The number of nitrogens with zero attached hydrogens (tertiary/aromatic N) is 2. The molecule has 0 saturated heterocycles.